The summed E-state index contributed by atoms with van der Waals surface area (Å²) >= 11 is 2.84. The molecule has 0 spiro atoms. The fourth-order valence-electron chi connectivity index (χ4n) is 2.81. The minimum Gasteiger partial charge on any atom is -0.325 e. The summed E-state index contributed by atoms with van der Waals surface area (Å²) in [6, 6.07) is 10.2. The highest BCUT2D eigenvalue weighted by Gasteiger charge is 2.33. The van der Waals surface area contributed by atoms with Gasteiger partial charge in [0.25, 0.3) is 0 Å². The molecular weight excluding hydrogens is 475 g/mol. The highest BCUT2D eigenvalue weighted by molar-refractivity contribution is 9.10. The van der Waals surface area contributed by atoms with Crippen LogP contribution in [0.3, 0.4) is 0 Å². The summed E-state index contributed by atoms with van der Waals surface area (Å²) in [7, 11) is -3.41. The number of anilines is 1. The van der Waals surface area contributed by atoms with E-state index in [4.69, 9.17) is 0 Å². The van der Waals surface area contributed by atoms with Crippen LogP contribution >= 0.6 is 15.9 Å². The molecule has 0 radical (unpaired) electrons. The lowest BCUT2D eigenvalue weighted by Gasteiger charge is -2.13. The number of benzene rings is 2. The molecule has 0 unspecified atom stereocenters. The van der Waals surface area contributed by atoms with Crippen molar-refractivity contribution in [1.82, 2.24) is 9.55 Å². The van der Waals surface area contributed by atoms with Crippen LogP contribution in [0.15, 0.2) is 46.9 Å². The van der Waals surface area contributed by atoms with E-state index < -0.39 is 27.5 Å². The highest BCUT2D eigenvalue weighted by Crippen LogP contribution is 2.36. The highest BCUT2D eigenvalue weighted by atomic mass is 79.9. The van der Waals surface area contributed by atoms with Gasteiger partial charge in [-0.3, -0.25) is 4.79 Å². The van der Waals surface area contributed by atoms with Gasteiger partial charge in [0, 0.05) is 16.4 Å². The van der Waals surface area contributed by atoms with Gasteiger partial charge in [-0.15, -0.1) is 0 Å². The molecule has 0 saturated heterocycles. The lowest BCUT2D eigenvalue weighted by atomic mass is 10.2. The van der Waals surface area contributed by atoms with Gasteiger partial charge in [-0.25, -0.2) is 13.4 Å². The Kier molecular flexibility index (Phi) is 5.72. The Hall–Kier alpha value is -2.40. The smallest absolute Gasteiger partial charge is 0.325 e. The number of fused-ring (bicyclic) bond motifs is 1. The van der Waals surface area contributed by atoms with Gasteiger partial charge in [0.1, 0.15) is 18.1 Å². The average Bonchev–Trinajstić information content (AvgIpc) is 2.91. The van der Waals surface area contributed by atoms with Crippen LogP contribution in [-0.4, -0.2) is 30.1 Å². The number of rotatable bonds is 5. The van der Waals surface area contributed by atoms with Crippen molar-refractivity contribution in [2.24, 2.45) is 0 Å². The molecule has 0 bridgehead atoms. The van der Waals surface area contributed by atoms with Gasteiger partial charge >= 0.3 is 6.18 Å². The number of halogens is 4. The number of aromatic nitrogens is 2. The Morgan fingerprint density at radius 3 is 2.55 bits per heavy atom. The molecule has 1 N–H and O–H groups in total. The lowest BCUT2D eigenvalue weighted by Crippen LogP contribution is -2.21. The van der Waals surface area contributed by atoms with E-state index in [-0.39, 0.29) is 28.3 Å². The Labute approximate surface area is 172 Å². The molecule has 29 heavy (non-hydrogen) atoms. The molecule has 3 rings (SSSR count). The number of nitrogens with zero attached hydrogens (tertiary/aromatic N) is 2. The molecule has 2 aromatic carbocycles. The van der Waals surface area contributed by atoms with Gasteiger partial charge in [-0.1, -0.05) is 28.1 Å². The number of carbonyl (C=O) groups is 1. The Bertz CT molecular complexity index is 1190. The van der Waals surface area contributed by atoms with Crippen LogP contribution in [0.1, 0.15) is 11.4 Å². The van der Waals surface area contributed by atoms with E-state index in [1.54, 1.807) is 24.3 Å². The number of amides is 1. The summed E-state index contributed by atoms with van der Waals surface area (Å²) in [4.78, 5) is 16.8. The Morgan fingerprint density at radius 2 is 1.90 bits per heavy atom. The molecule has 1 amide bonds. The van der Waals surface area contributed by atoms with Gasteiger partial charge in [0.2, 0.25) is 5.91 Å². The number of carbonyl (C=O) groups excluding carboxylic acids is 1. The predicted molar refractivity (Wildman–Crippen MR) is 106 cm³/mol. The number of nitrogens with one attached hydrogen (secondary N) is 1. The van der Waals surface area contributed by atoms with Crippen molar-refractivity contribution in [2.75, 3.05) is 11.6 Å². The number of para-hydroxylation sites is 2. The number of hydrogen-bond donors (Lipinski definition) is 1. The average molecular weight is 490 g/mol. The zero-order valence-electron chi connectivity index (χ0n) is 15.0. The molecule has 154 valence electrons. The van der Waals surface area contributed by atoms with Crippen molar-refractivity contribution in [1.29, 1.82) is 0 Å². The normalized spacial score (nSPS) is 12.3. The summed E-state index contributed by atoms with van der Waals surface area (Å²) in [5.41, 5.74) is 0.121. The second-order valence-electron chi connectivity index (χ2n) is 6.41. The molecular formula is C18H15BrF3N3O3S. The van der Waals surface area contributed by atoms with Gasteiger partial charge < -0.3 is 9.88 Å². The lowest BCUT2D eigenvalue weighted by molar-refractivity contribution is -0.138. The third-order valence-corrected chi connectivity index (χ3v) is 5.46. The first-order chi connectivity index (χ1) is 13.4. The number of alkyl halides is 3. The molecule has 0 saturated carbocycles. The zero-order valence-corrected chi connectivity index (χ0v) is 17.4. The van der Waals surface area contributed by atoms with Crippen molar-refractivity contribution in [3.8, 4) is 0 Å². The van der Waals surface area contributed by atoms with E-state index in [0.717, 1.165) is 12.3 Å². The second kappa shape index (κ2) is 7.79. The third-order valence-electron chi connectivity index (χ3n) is 3.98. The fourth-order valence-corrected chi connectivity index (χ4v) is 3.97. The van der Waals surface area contributed by atoms with Crippen LogP contribution < -0.4 is 5.32 Å². The second-order valence-corrected chi connectivity index (χ2v) is 9.41. The molecule has 0 aliphatic rings. The molecule has 1 aromatic heterocycles. The van der Waals surface area contributed by atoms with Gasteiger partial charge in [0.15, 0.2) is 9.84 Å². The van der Waals surface area contributed by atoms with E-state index in [2.05, 4.69) is 26.2 Å². The van der Waals surface area contributed by atoms with Crippen LogP contribution in [0.2, 0.25) is 0 Å². The Morgan fingerprint density at radius 1 is 1.21 bits per heavy atom. The fraction of sp³-hybridized carbons (Fsp3) is 0.222. The number of imidazole rings is 1. The first-order valence-corrected chi connectivity index (χ1v) is 11.1. The standard InChI is InChI=1S/C18H15BrF3N3O3S/c1-29(27,28)10-16-24-14-4-2-3-5-15(14)25(16)9-17(26)23-11-6-7-13(19)12(8-11)18(20,21)22/h2-8H,9-10H2,1H3,(H,23,26). The van der Waals surface area contributed by atoms with Crippen LogP contribution in [0, 0.1) is 0 Å². The zero-order chi connectivity index (χ0) is 21.4. The monoisotopic (exact) mass is 489 g/mol. The largest absolute Gasteiger partial charge is 0.417 e. The summed E-state index contributed by atoms with van der Waals surface area (Å²) in [5.74, 6) is -0.806. The molecule has 11 heteroatoms. The predicted octanol–water partition coefficient (Wildman–Crippen LogP) is 4.00. The number of hydrogen-bond acceptors (Lipinski definition) is 4. The molecule has 6 nitrogen and oxygen atoms in total. The first-order valence-electron chi connectivity index (χ1n) is 8.22. The van der Waals surface area contributed by atoms with E-state index in [9.17, 15) is 26.4 Å². The van der Waals surface area contributed by atoms with Crippen molar-refractivity contribution < 1.29 is 26.4 Å². The van der Waals surface area contributed by atoms with Crippen molar-refractivity contribution in [2.45, 2.75) is 18.5 Å². The van der Waals surface area contributed by atoms with Gasteiger partial charge in [-0.2, -0.15) is 13.2 Å². The van der Waals surface area contributed by atoms with Crippen molar-refractivity contribution in [3.63, 3.8) is 0 Å². The summed E-state index contributed by atoms with van der Waals surface area (Å²) in [5, 5.41) is 2.42. The topological polar surface area (TPSA) is 81.1 Å². The van der Waals surface area contributed by atoms with Crippen LogP contribution in [-0.2, 0) is 33.1 Å². The van der Waals surface area contributed by atoms with E-state index >= 15 is 0 Å². The van der Waals surface area contributed by atoms with Crippen molar-refractivity contribution >= 4 is 48.4 Å². The maximum atomic E-state index is 13.0. The molecule has 0 fully saturated rings. The van der Waals surface area contributed by atoms with Crippen LogP contribution in [0.5, 0.6) is 0 Å². The van der Waals surface area contributed by atoms with Crippen LogP contribution in [0.25, 0.3) is 11.0 Å². The first kappa shape index (κ1) is 21.3. The summed E-state index contributed by atoms with van der Waals surface area (Å²) in [6.07, 6.45) is -3.53. The molecule has 0 aliphatic heterocycles. The number of sulfone groups is 1. The third kappa shape index (κ3) is 5.15. The summed E-state index contributed by atoms with van der Waals surface area (Å²) in [6.45, 7) is -0.303. The van der Waals surface area contributed by atoms with E-state index in [1.807, 2.05) is 0 Å². The Balaban J connectivity index is 1.90. The minimum atomic E-state index is -4.58. The molecule has 0 atom stereocenters. The van der Waals surface area contributed by atoms with Gasteiger partial charge in [0.05, 0.1) is 16.6 Å². The maximum Gasteiger partial charge on any atom is 0.417 e. The van der Waals surface area contributed by atoms with E-state index in [0.29, 0.717) is 11.0 Å². The summed E-state index contributed by atoms with van der Waals surface area (Å²) < 4.78 is 63.8. The van der Waals surface area contributed by atoms with Crippen molar-refractivity contribution in [3.05, 3.63) is 58.3 Å². The quantitative estimate of drug-likeness (QED) is 0.587. The molecule has 1 heterocycles. The molecule has 3 aromatic rings. The van der Waals surface area contributed by atoms with Crippen LogP contribution in [0.4, 0.5) is 18.9 Å². The van der Waals surface area contributed by atoms with Gasteiger partial charge in [-0.05, 0) is 30.3 Å². The minimum absolute atomic E-state index is 0.0281. The molecule has 0 aliphatic carbocycles. The van der Waals surface area contributed by atoms with E-state index in [1.165, 1.54) is 16.7 Å². The SMILES string of the molecule is CS(=O)(=O)Cc1nc2ccccc2n1CC(=O)Nc1ccc(Br)c(C(F)(F)F)c1. The maximum absolute atomic E-state index is 13.0.